The van der Waals surface area contributed by atoms with Crippen molar-refractivity contribution in [1.29, 1.82) is 0 Å². The molecule has 0 spiro atoms. The molecule has 0 aromatic heterocycles. The normalized spacial score (nSPS) is 11.4. The highest BCUT2D eigenvalue weighted by Crippen LogP contribution is 2.47. The number of halogens is 2. The van der Waals surface area contributed by atoms with Crippen LogP contribution in [0, 0.1) is 0 Å². The van der Waals surface area contributed by atoms with Gasteiger partial charge in [0.25, 0.3) is 0 Å². The van der Waals surface area contributed by atoms with Crippen LogP contribution in [-0.4, -0.2) is 0 Å². The summed E-state index contributed by atoms with van der Waals surface area (Å²) in [5.74, 6) is 0. The van der Waals surface area contributed by atoms with Crippen LogP contribution in [0.15, 0.2) is 84.9 Å². The van der Waals surface area contributed by atoms with Gasteiger partial charge in [0.05, 0.1) is 0 Å². The summed E-state index contributed by atoms with van der Waals surface area (Å²) < 4.78 is 0. The van der Waals surface area contributed by atoms with Gasteiger partial charge >= 0.3 is 0 Å². The molecule has 5 aromatic carbocycles. The van der Waals surface area contributed by atoms with Crippen LogP contribution in [0.4, 0.5) is 0 Å². The van der Waals surface area contributed by atoms with Crippen LogP contribution in [0.3, 0.4) is 0 Å². The van der Waals surface area contributed by atoms with Gasteiger partial charge in [-0.1, -0.05) is 123 Å². The lowest BCUT2D eigenvalue weighted by molar-refractivity contribution is 0.922. The van der Waals surface area contributed by atoms with E-state index in [2.05, 4.69) is 74.5 Å². The van der Waals surface area contributed by atoms with Crippen LogP contribution in [0.5, 0.6) is 0 Å². The van der Waals surface area contributed by atoms with E-state index in [0.29, 0.717) is 0 Å². The molecule has 0 aliphatic heterocycles. The van der Waals surface area contributed by atoms with Gasteiger partial charge in [0.15, 0.2) is 0 Å². The minimum absolute atomic E-state index is 0.760. The summed E-state index contributed by atoms with van der Waals surface area (Å²) in [6, 6.07) is 30.2. The molecular weight excluding hydrogens is 455 g/mol. The van der Waals surface area contributed by atoms with Crippen LogP contribution in [0.25, 0.3) is 43.8 Å². The third-order valence-corrected chi connectivity index (χ3v) is 7.26. The predicted octanol–water partition coefficient (Wildman–Crippen LogP) is 10.5. The van der Waals surface area contributed by atoms with Crippen molar-refractivity contribution in [3.63, 3.8) is 0 Å². The number of fused-ring (bicyclic) bond motifs is 2. The summed E-state index contributed by atoms with van der Waals surface area (Å²) >= 11 is 13.9. The van der Waals surface area contributed by atoms with Gasteiger partial charge in [-0.25, -0.2) is 0 Å². The molecule has 0 N–H and O–H groups in total. The summed E-state index contributed by atoms with van der Waals surface area (Å²) in [6.07, 6.45) is 4.44. The molecule has 0 heterocycles. The lowest BCUT2D eigenvalue weighted by atomic mass is 9.85. The molecule has 0 amide bonds. The number of aryl methyl sites for hydroxylation is 2. The van der Waals surface area contributed by atoms with Crippen molar-refractivity contribution in [2.75, 3.05) is 0 Å². The Bertz CT molecular complexity index is 1350. The molecule has 0 aliphatic carbocycles. The second-order valence-corrected chi connectivity index (χ2v) is 9.78. The molecule has 0 radical (unpaired) electrons. The molecule has 5 rings (SSSR count). The van der Waals surface area contributed by atoms with E-state index in [0.717, 1.165) is 79.5 Å². The highest BCUT2D eigenvalue weighted by Gasteiger charge is 2.20. The first-order chi connectivity index (χ1) is 16.6. The molecule has 34 heavy (non-hydrogen) atoms. The Balaban J connectivity index is 1.88. The van der Waals surface area contributed by atoms with E-state index >= 15 is 0 Å². The summed E-state index contributed by atoms with van der Waals surface area (Å²) in [6.45, 7) is 4.43. The van der Waals surface area contributed by atoms with Gasteiger partial charge in [0.2, 0.25) is 0 Å². The Morgan fingerprint density at radius 3 is 1.24 bits per heavy atom. The van der Waals surface area contributed by atoms with Crippen molar-refractivity contribution in [1.82, 2.24) is 0 Å². The molecule has 170 valence electrons. The fourth-order valence-corrected chi connectivity index (χ4v) is 5.63. The van der Waals surface area contributed by atoms with Gasteiger partial charge in [0.1, 0.15) is 0 Å². The summed E-state index contributed by atoms with van der Waals surface area (Å²) in [7, 11) is 0. The highest BCUT2D eigenvalue weighted by atomic mass is 35.5. The Morgan fingerprint density at radius 1 is 0.500 bits per heavy atom. The van der Waals surface area contributed by atoms with Gasteiger partial charge in [-0.05, 0) is 69.1 Å². The smallest absolute Gasteiger partial charge is 0.0491 e. The maximum Gasteiger partial charge on any atom is 0.0491 e. The molecule has 5 aromatic rings. The molecule has 0 aliphatic rings. The Morgan fingerprint density at radius 2 is 0.882 bits per heavy atom. The molecule has 2 heteroatoms. The summed E-state index contributed by atoms with van der Waals surface area (Å²) in [5.41, 5.74) is 7.32. The highest BCUT2D eigenvalue weighted by molar-refractivity contribution is 6.42. The van der Waals surface area contributed by atoms with Crippen molar-refractivity contribution < 1.29 is 0 Å². The maximum absolute atomic E-state index is 6.93. The number of rotatable bonds is 6. The van der Waals surface area contributed by atoms with E-state index in [9.17, 15) is 0 Å². The standard InChI is InChI=1S/C32H28Cl2/c1-3-7-21-13-17-23(18-14-21)29-25-9-5-12-28(34)32(25)30(26-10-6-11-27(33)31(26)29)24-19-15-22(8-4-2)16-20-24/h5-6,9-20H,3-4,7-8H2,1-2H3. The molecule has 0 fully saturated rings. The monoisotopic (exact) mass is 482 g/mol. The quantitative estimate of drug-likeness (QED) is 0.211. The molecule has 0 nitrogen and oxygen atoms in total. The molecule has 0 bridgehead atoms. The zero-order valence-corrected chi connectivity index (χ0v) is 21.2. The van der Waals surface area contributed by atoms with Crippen molar-refractivity contribution >= 4 is 44.7 Å². The Kier molecular flexibility index (Phi) is 6.63. The van der Waals surface area contributed by atoms with Crippen molar-refractivity contribution in [3.8, 4) is 22.3 Å². The average molecular weight is 483 g/mol. The predicted molar refractivity (Wildman–Crippen MR) is 150 cm³/mol. The second-order valence-electron chi connectivity index (χ2n) is 8.97. The first kappa shape index (κ1) is 23.0. The first-order valence-electron chi connectivity index (χ1n) is 12.1. The molecule has 0 atom stereocenters. The fourth-order valence-electron chi connectivity index (χ4n) is 5.10. The van der Waals surface area contributed by atoms with E-state index in [4.69, 9.17) is 23.2 Å². The molecule has 0 unspecified atom stereocenters. The van der Waals surface area contributed by atoms with Crippen molar-refractivity contribution in [2.45, 2.75) is 39.5 Å². The number of hydrogen-bond acceptors (Lipinski definition) is 0. The average Bonchev–Trinajstić information content (AvgIpc) is 2.85. The van der Waals surface area contributed by atoms with E-state index in [1.165, 1.54) is 11.1 Å². The minimum atomic E-state index is 0.760. The lowest BCUT2D eigenvalue weighted by Gasteiger charge is -2.19. The molecular formula is C32H28Cl2. The lowest BCUT2D eigenvalue weighted by Crippen LogP contribution is -1.93. The van der Waals surface area contributed by atoms with Crippen molar-refractivity contribution in [2.24, 2.45) is 0 Å². The minimum Gasteiger partial charge on any atom is -0.0836 e. The number of benzene rings is 5. The van der Waals surface area contributed by atoms with Gasteiger partial charge in [-0.15, -0.1) is 0 Å². The zero-order valence-electron chi connectivity index (χ0n) is 19.7. The van der Waals surface area contributed by atoms with Crippen LogP contribution in [0.2, 0.25) is 10.0 Å². The SMILES string of the molecule is CCCc1ccc(-c2c3cccc(Cl)c3c(-c3ccc(CCC)cc3)c3cccc(Cl)c23)cc1. The molecule has 0 saturated carbocycles. The Hall–Kier alpha value is -2.80. The van der Waals surface area contributed by atoms with E-state index in [-0.39, 0.29) is 0 Å². The third kappa shape index (κ3) is 4.11. The topological polar surface area (TPSA) is 0 Å². The second kappa shape index (κ2) is 9.82. The number of hydrogen-bond donors (Lipinski definition) is 0. The van der Waals surface area contributed by atoms with Gasteiger partial charge in [0, 0.05) is 20.8 Å². The Labute approximate surface area is 212 Å². The van der Waals surface area contributed by atoms with Crippen LogP contribution in [0.1, 0.15) is 37.8 Å². The van der Waals surface area contributed by atoms with E-state index in [1.54, 1.807) is 0 Å². The maximum atomic E-state index is 6.93. The summed E-state index contributed by atoms with van der Waals surface area (Å²) in [5, 5.41) is 5.93. The largest absolute Gasteiger partial charge is 0.0836 e. The fraction of sp³-hybridized carbons (Fsp3) is 0.188. The zero-order chi connectivity index (χ0) is 23.7. The molecule has 0 saturated heterocycles. The summed E-state index contributed by atoms with van der Waals surface area (Å²) in [4.78, 5) is 0. The van der Waals surface area contributed by atoms with Gasteiger partial charge < -0.3 is 0 Å². The van der Waals surface area contributed by atoms with Gasteiger partial charge in [-0.3, -0.25) is 0 Å². The van der Waals surface area contributed by atoms with Crippen LogP contribution < -0.4 is 0 Å². The van der Waals surface area contributed by atoms with E-state index < -0.39 is 0 Å². The van der Waals surface area contributed by atoms with Gasteiger partial charge in [-0.2, -0.15) is 0 Å². The van der Waals surface area contributed by atoms with Crippen LogP contribution >= 0.6 is 23.2 Å². The third-order valence-electron chi connectivity index (χ3n) is 6.63. The van der Waals surface area contributed by atoms with Crippen LogP contribution in [-0.2, 0) is 12.8 Å². The van der Waals surface area contributed by atoms with Crippen molar-refractivity contribution in [3.05, 3.63) is 106 Å². The van der Waals surface area contributed by atoms with E-state index in [1.807, 2.05) is 24.3 Å². The first-order valence-corrected chi connectivity index (χ1v) is 12.9.